The van der Waals surface area contributed by atoms with Crippen LogP contribution in [0.3, 0.4) is 0 Å². The predicted octanol–water partition coefficient (Wildman–Crippen LogP) is 8.36. The highest BCUT2D eigenvalue weighted by Gasteiger charge is 2.45. The van der Waals surface area contributed by atoms with Crippen molar-refractivity contribution >= 4 is 0 Å². The molecule has 0 bridgehead atoms. The van der Waals surface area contributed by atoms with Crippen LogP contribution in [0, 0.1) is 35.5 Å². The molecule has 5 atom stereocenters. The zero-order valence-electron chi connectivity index (χ0n) is 17.7. The van der Waals surface area contributed by atoms with Gasteiger partial charge in [-0.25, -0.2) is 0 Å². The lowest BCUT2D eigenvalue weighted by molar-refractivity contribution is 0.172. The van der Waals surface area contributed by atoms with Gasteiger partial charge in [0.05, 0.1) is 0 Å². The van der Waals surface area contributed by atoms with E-state index in [0.29, 0.717) is 5.92 Å². The van der Waals surface area contributed by atoms with E-state index in [1.165, 1.54) is 77.0 Å². The van der Waals surface area contributed by atoms with Crippen molar-refractivity contribution in [2.24, 2.45) is 35.5 Å². The van der Waals surface area contributed by atoms with Gasteiger partial charge in [-0.1, -0.05) is 63.3 Å². The van der Waals surface area contributed by atoms with Gasteiger partial charge in [-0.15, -0.1) is 13.2 Å². The average Bonchev–Trinajstić information content (AvgIpc) is 3.42. The lowest BCUT2D eigenvalue weighted by Gasteiger charge is -2.34. The van der Waals surface area contributed by atoms with E-state index in [-0.39, 0.29) is 0 Å². The maximum absolute atomic E-state index is 4.01. The van der Waals surface area contributed by atoms with Crippen LogP contribution < -0.4 is 0 Å². The molecular weight excluding hydrogens is 312 g/mol. The highest BCUT2D eigenvalue weighted by molar-refractivity contribution is 4.97. The van der Waals surface area contributed by atoms with Crippen molar-refractivity contribution in [3.8, 4) is 0 Å². The summed E-state index contributed by atoms with van der Waals surface area (Å²) in [5, 5.41) is 0. The molecule has 2 saturated carbocycles. The maximum atomic E-state index is 4.01. The van der Waals surface area contributed by atoms with Gasteiger partial charge in [0.1, 0.15) is 0 Å². The fourth-order valence-corrected chi connectivity index (χ4v) is 5.54. The number of hydrogen-bond acceptors (Lipinski definition) is 0. The van der Waals surface area contributed by atoms with Crippen LogP contribution in [-0.2, 0) is 0 Å². The predicted molar refractivity (Wildman–Crippen MR) is 117 cm³/mol. The van der Waals surface area contributed by atoms with E-state index in [9.17, 15) is 0 Å². The van der Waals surface area contributed by atoms with Gasteiger partial charge in [-0.3, -0.25) is 0 Å². The van der Waals surface area contributed by atoms with Gasteiger partial charge in [-0.05, 0) is 87.4 Å². The Morgan fingerprint density at radius 3 is 2.42 bits per heavy atom. The zero-order chi connectivity index (χ0) is 18.8. The van der Waals surface area contributed by atoms with E-state index >= 15 is 0 Å². The number of hydrogen-bond donors (Lipinski definition) is 0. The van der Waals surface area contributed by atoms with Crippen molar-refractivity contribution in [2.45, 2.75) is 90.9 Å². The van der Waals surface area contributed by atoms with Gasteiger partial charge in [0, 0.05) is 0 Å². The Balaban J connectivity index is 1.98. The van der Waals surface area contributed by atoms with Crippen LogP contribution in [0.4, 0.5) is 0 Å². The molecule has 148 valence electrons. The van der Waals surface area contributed by atoms with Gasteiger partial charge in [0.25, 0.3) is 0 Å². The minimum atomic E-state index is 0.697. The van der Waals surface area contributed by atoms with Gasteiger partial charge >= 0.3 is 0 Å². The summed E-state index contributed by atoms with van der Waals surface area (Å²) in [6.07, 6.45) is 25.9. The molecule has 0 aromatic carbocycles. The average molecular weight is 357 g/mol. The van der Waals surface area contributed by atoms with Crippen LogP contribution in [0.5, 0.6) is 0 Å². The monoisotopic (exact) mass is 356 g/mol. The molecule has 5 unspecified atom stereocenters. The Kier molecular flexibility index (Phi) is 9.79. The minimum absolute atomic E-state index is 0.697. The second-order valence-electron chi connectivity index (χ2n) is 9.28. The second kappa shape index (κ2) is 11.8. The van der Waals surface area contributed by atoms with E-state index in [0.717, 1.165) is 29.6 Å². The molecule has 0 heteroatoms. The van der Waals surface area contributed by atoms with Crippen molar-refractivity contribution in [1.82, 2.24) is 0 Å². The van der Waals surface area contributed by atoms with Crippen LogP contribution in [0.25, 0.3) is 0 Å². The number of rotatable bonds is 13. The summed E-state index contributed by atoms with van der Waals surface area (Å²) in [6.45, 7) is 12.5. The summed E-state index contributed by atoms with van der Waals surface area (Å²) in [5.74, 6) is 5.62. The van der Waals surface area contributed by atoms with Gasteiger partial charge in [0.15, 0.2) is 0 Å². The quantitative estimate of drug-likeness (QED) is 0.291. The summed E-state index contributed by atoms with van der Waals surface area (Å²) in [5.41, 5.74) is 0. The highest BCUT2D eigenvalue weighted by atomic mass is 14.5. The molecule has 0 N–H and O–H groups in total. The van der Waals surface area contributed by atoms with E-state index in [1.807, 2.05) is 0 Å². The molecule has 0 aliphatic heterocycles. The van der Waals surface area contributed by atoms with E-state index < -0.39 is 0 Å². The maximum Gasteiger partial charge on any atom is -0.0262 e. The molecule has 0 nitrogen and oxygen atoms in total. The SMILES string of the molecule is C=CCCC(CC/C=C\C)CC(C1CCCCC1)C1CC1CC(C)C=C. The third-order valence-corrected chi connectivity index (χ3v) is 7.22. The van der Waals surface area contributed by atoms with Crippen molar-refractivity contribution in [1.29, 1.82) is 0 Å². The lowest BCUT2D eigenvalue weighted by Crippen LogP contribution is -2.23. The Bertz CT molecular complexity index is 425. The van der Waals surface area contributed by atoms with Crippen molar-refractivity contribution in [2.75, 3.05) is 0 Å². The molecule has 2 rings (SSSR count). The fourth-order valence-electron chi connectivity index (χ4n) is 5.54. The van der Waals surface area contributed by atoms with Crippen LogP contribution in [0.1, 0.15) is 90.9 Å². The molecule has 26 heavy (non-hydrogen) atoms. The first-order valence-electron chi connectivity index (χ1n) is 11.5. The Morgan fingerprint density at radius 2 is 1.77 bits per heavy atom. The molecule has 2 fully saturated rings. The first-order valence-corrected chi connectivity index (χ1v) is 11.5. The fraction of sp³-hybridized carbons (Fsp3) is 0.769. The lowest BCUT2D eigenvalue weighted by atomic mass is 9.72. The molecule has 0 aromatic rings. The zero-order valence-corrected chi connectivity index (χ0v) is 17.7. The van der Waals surface area contributed by atoms with Crippen molar-refractivity contribution < 1.29 is 0 Å². The third-order valence-electron chi connectivity index (χ3n) is 7.22. The van der Waals surface area contributed by atoms with Gasteiger partial charge in [0.2, 0.25) is 0 Å². The largest absolute Gasteiger partial charge is 0.103 e. The molecular formula is C26H44. The Labute approximate surface area is 164 Å². The van der Waals surface area contributed by atoms with Gasteiger partial charge < -0.3 is 0 Å². The van der Waals surface area contributed by atoms with Gasteiger partial charge in [-0.2, -0.15) is 0 Å². The molecule has 0 spiro atoms. The molecule has 2 aliphatic carbocycles. The first kappa shape index (κ1) is 21.5. The summed E-state index contributed by atoms with van der Waals surface area (Å²) in [4.78, 5) is 0. The van der Waals surface area contributed by atoms with Crippen LogP contribution >= 0.6 is 0 Å². The summed E-state index contributed by atoms with van der Waals surface area (Å²) in [6, 6.07) is 0. The van der Waals surface area contributed by atoms with Crippen molar-refractivity contribution in [3.63, 3.8) is 0 Å². The second-order valence-corrected chi connectivity index (χ2v) is 9.28. The molecule has 0 radical (unpaired) electrons. The minimum Gasteiger partial charge on any atom is -0.103 e. The molecule has 0 heterocycles. The number of allylic oxidation sites excluding steroid dienone is 4. The van der Waals surface area contributed by atoms with Crippen LogP contribution in [0.15, 0.2) is 37.5 Å². The summed E-state index contributed by atoms with van der Waals surface area (Å²) in [7, 11) is 0. The van der Waals surface area contributed by atoms with E-state index in [2.05, 4.69) is 51.3 Å². The molecule has 0 saturated heterocycles. The Morgan fingerprint density at radius 1 is 1.04 bits per heavy atom. The van der Waals surface area contributed by atoms with Crippen LogP contribution in [-0.4, -0.2) is 0 Å². The summed E-state index contributed by atoms with van der Waals surface area (Å²) < 4.78 is 0. The third kappa shape index (κ3) is 7.09. The topological polar surface area (TPSA) is 0 Å². The van der Waals surface area contributed by atoms with E-state index in [1.54, 1.807) is 0 Å². The molecule has 0 amide bonds. The normalized spacial score (nSPS) is 27.2. The summed E-state index contributed by atoms with van der Waals surface area (Å²) >= 11 is 0. The Hall–Kier alpha value is -0.780. The van der Waals surface area contributed by atoms with Crippen LogP contribution in [0.2, 0.25) is 0 Å². The smallest absolute Gasteiger partial charge is 0.0262 e. The highest BCUT2D eigenvalue weighted by Crippen LogP contribution is 2.54. The van der Waals surface area contributed by atoms with Crippen molar-refractivity contribution in [3.05, 3.63) is 37.5 Å². The standard InChI is InChI=1S/C26H44/c1-5-8-11-15-22(14-9-6-2)19-25(23-16-12-10-13-17-23)26-20-24(26)18-21(4)7-3/h5-8,21-26H,2-3,9-20H2,1,4H3/b8-5-. The molecule has 2 aliphatic rings. The van der Waals surface area contributed by atoms with E-state index in [4.69, 9.17) is 0 Å². The first-order chi connectivity index (χ1) is 12.7. The molecule has 0 aromatic heterocycles.